The zero-order valence-electron chi connectivity index (χ0n) is 8.88. The second-order valence-electron chi connectivity index (χ2n) is 3.29. The van der Waals surface area contributed by atoms with E-state index in [1.807, 2.05) is 0 Å². The summed E-state index contributed by atoms with van der Waals surface area (Å²) in [5, 5.41) is 6.50. The quantitative estimate of drug-likeness (QED) is 0.854. The second kappa shape index (κ2) is 4.50. The first-order chi connectivity index (χ1) is 8.06. The molecule has 0 saturated heterocycles. The van der Waals surface area contributed by atoms with E-state index in [0.717, 1.165) is 0 Å². The summed E-state index contributed by atoms with van der Waals surface area (Å²) in [4.78, 5) is 19.7. The Morgan fingerprint density at radius 1 is 1.47 bits per heavy atom. The van der Waals surface area contributed by atoms with Crippen molar-refractivity contribution in [2.24, 2.45) is 7.05 Å². The average Bonchev–Trinajstić information content (AvgIpc) is 2.61. The Labute approximate surface area is 105 Å². The highest BCUT2D eigenvalue weighted by atomic mass is 79.9. The topological polar surface area (TPSA) is 98.7 Å². The van der Waals surface area contributed by atoms with Crippen LogP contribution in [0, 0.1) is 0 Å². The summed E-state index contributed by atoms with van der Waals surface area (Å²) in [6.07, 6.45) is 4.47. The number of nitrogens with two attached hydrogens (primary N) is 1. The number of hydrogen-bond acceptors (Lipinski definition) is 5. The molecular weight excluding hydrogens is 288 g/mol. The molecule has 8 heteroatoms. The Kier molecular flexibility index (Phi) is 3.05. The fourth-order valence-corrected chi connectivity index (χ4v) is 1.44. The van der Waals surface area contributed by atoms with Gasteiger partial charge in [0.1, 0.15) is 4.60 Å². The zero-order valence-corrected chi connectivity index (χ0v) is 10.5. The van der Waals surface area contributed by atoms with Gasteiger partial charge >= 0.3 is 0 Å². The van der Waals surface area contributed by atoms with Crippen LogP contribution >= 0.6 is 15.9 Å². The van der Waals surface area contributed by atoms with Gasteiger partial charge in [-0.1, -0.05) is 0 Å². The van der Waals surface area contributed by atoms with Gasteiger partial charge in [-0.25, -0.2) is 9.97 Å². The van der Waals surface area contributed by atoms with Crippen LogP contribution in [0.25, 0.3) is 0 Å². The lowest BCUT2D eigenvalue weighted by atomic mass is 10.3. The number of aromatic nitrogens is 4. The highest BCUT2D eigenvalue weighted by Gasteiger charge is 2.14. The van der Waals surface area contributed by atoms with Crippen molar-refractivity contribution < 1.29 is 4.79 Å². The highest BCUT2D eigenvalue weighted by molar-refractivity contribution is 9.10. The second-order valence-corrected chi connectivity index (χ2v) is 4.10. The van der Waals surface area contributed by atoms with Gasteiger partial charge in [-0.3, -0.25) is 9.48 Å². The van der Waals surface area contributed by atoms with Crippen LogP contribution in [-0.2, 0) is 7.05 Å². The predicted molar refractivity (Wildman–Crippen MR) is 65.3 cm³/mol. The predicted octanol–water partition coefficient (Wildman–Crippen LogP) is 0.807. The molecule has 0 fully saturated rings. The molecule has 17 heavy (non-hydrogen) atoms. The lowest BCUT2D eigenvalue weighted by molar-refractivity contribution is 0.102. The van der Waals surface area contributed by atoms with Crippen LogP contribution < -0.4 is 11.1 Å². The Morgan fingerprint density at radius 3 is 2.76 bits per heavy atom. The molecule has 2 heterocycles. The van der Waals surface area contributed by atoms with Gasteiger partial charge < -0.3 is 11.1 Å². The lowest BCUT2D eigenvalue weighted by Crippen LogP contribution is -2.15. The number of carbonyl (C=O) groups excluding carboxylic acids is 1. The molecule has 7 nitrogen and oxygen atoms in total. The molecule has 3 N–H and O–H groups in total. The highest BCUT2D eigenvalue weighted by Crippen LogP contribution is 2.11. The van der Waals surface area contributed by atoms with Gasteiger partial charge in [0.15, 0.2) is 11.5 Å². The molecule has 0 atom stereocenters. The number of amides is 1. The number of nitrogens with one attached hydrogen (secondary N) is 1. The van der Waals surface area contributed by atoms with E-state index in [1.54, 1.807) is 13.2 Å². The van der Waals surface area contributed by atoms with E-state index in [0.29, 0.717) is 16.1 Å². The monoisotopic (exact) mass is 296 g/mol. The van der Waals surface area contributed by atoms with Crippen LogP contribution in [0.3, 0.4) is 0 Å². The van der Waals surface area contributed by atoms with Crippen LogP contribution in [0.5, 0.6) is 0 Å². The molecule has 2 rings (SSSR count). The van der Waals surface area contributed by atoms with Gasteiger partial charge in [-0.05, 0) is 15.9 Å². The maximum absolute atomic E-state index is 11.8. The molecule has 0 unspecified atom stereocenters. The largest absolute Gasteiger partial charge is 0.396 e. The fourth-order valence-electron chi connectivity index (χ4n) is 1.24. The molecule has 0 spiro atoms. The molecular formula is C9H9BrN6O. The van der Waals surface area contributed by atoms with Crippen molar-refractivity contribution in [3.8, 4) is 0 Å². The first-order valence-corrected chi connectivity index (χ1v) is 5.43. The Balaban J connectivity index is 2.17. The van der Waals surface area contributed by atoms with Gasteiger partial charge in [0.05, 0.1) is 18.1 Å². The normalized spacial score (nSPS) is 10.2. The van der Waals surface area contributed by atoms with Gasteiger partial charge in [-0.15, -0.1) is 0 Å². The summed E-state index contributed by atoms with van der Waals surface area (Å²) in [6, 6.07) is 0. The molecule has 1 amide bonds. The average molecular weight is 297 g/mol. The number of carbonyl (C=O) groups is 1. The molecule has 0 saturated carbocycles. The van der Waals surface area contributed by atoms with Crippen LogP contribution in [0.1, 0.15) is 10.5 Å². The van der Waals surface area contributed by atoms with E-state index < -0.39 is 5.91 Å². The molecule has 0 bridgehead atoms. The number of anilines is 2. The number of rotatable bonds is 2. The van der Waals surface area contributed by atoms with E-state index in [2.05, 4.69) is 36.3 Å². The third-order valence-corrected chi connectivity index (χ3v) is 2.34. The zero-order chi connectivity index (χ0) is 12.4. The minimum atomic E-state index is -0.417. The van der Waals surface area contributed by atoms with E-state index in [-0.39, 0.29) is 5.69 Å². The Morgan fingerprint density at radius 2 is 2.24 bits per heavy atom. The standard InChI is InChI=1S/C9H9BrN6O/c1-16-4-5(11)8(15-16)9(17)14-7-3-12-6(10)2-13-7/h2-4H,11H2,1H3,(H,13,14,17). The summed E-state index contributed by atoms with van der Waals surface area (Å²) in [7, 11) is 1.69. The minimum absolute atomic E-state index is 0.164. The third kappa shape index (κ3) is 2.59. The SMILES string of the molecule is Cn1cc(N)c(C(=O)Nc2cnc(Br)cn2)n1. The van der Waals surface area contributed by atoms with Crippen molar-refractivity contribution in [1.29, 1.82) is 0 Å². The first kappa shape index (κ1) is 11.5. The van der Waals surface area contributed by atoms with Gasteiger partial charge in [-0.2, -0.15) is 5.10 Å². The van der Waals surface area contributed by atoms with Gasteiger partial charge in [0.25, 0.3) is 5.91 Å². The summed E-state index contributed by atoms with van der Waals surface area (Å²) in [5.41, 5.74) is 6.11. The van der Waals surface area contributed by atoms with Crippen molar-refractivity contribution in [2.75, 3.05) is 11.1 Å². The third-order valence-electron chi connectivity index (χ3n) is 1.93. The maximum atomic E-state index is 11.8. The van der Waals surface area contributed by atoms with E-state index >= 15 is 0 Å². The number of halogens is 1. The summed E-state index contributed by atoms with van der Waals surface area (Å²) in [6.45, 7) is 0. The van der Waals surface area contributed by atoms with Crippen LogP contribution in [-0.4, -0.2) is 25.7 Å². The first-order valence-electron chi connectivity index (χ1n) is 4.64. The van der Waals surface area contributed by atoms with Gasteiger partial charge in [0, 0.05) is 13.2 Å². The van der Waals surface area contributed by atoms with Crippen LogP contribution in [0.4, 0.5) is 11.5 Å². The van der Waals surface area contributed by atoms with Crippen molar-refractivity contribution in [3.63, 3.8) is 0 Å². The van der Waals surface area contributed by atoms with Crippen molar-refractivity contribution in [3.05, 3.63) is 28.9 Å². The van der Waals surface area contributed by atoms with Crippen molar-refractivity contribution in [2.45, 2.75) is 0 Å². The summed E-state index contributed by atoms with van der Waals surface area (Å²) >= 11 is 3.15. The van der Waals surface area contributed by atoms with E-state index in [1.165, 1.54) is 17.1 Å². The van der Waals surface area contributed by atoms with E-state index in [4.69, 9.17) is 5.73 Å². The molecule has 0 aliphatic heterocycles. The lowest BCUT2D eigenvalue weighted by Gasteiger charge is -2.01. The molecule has 0 radical (unpaired) electrons. The van der Waals surface area contributed by atoms with Gasteiger partial charge in [0.2, 0.25) is 0 Å². The molecule has 0 aliphatic rings. The molecule has 0 aliphatic carbocycles. The number of nitrogens with zero attached hydrogens (tertiary/aromatic N) is 4. The minimum Gasteiger partial charge on any atom is -0.396 e. The fraction of sp³-hybridized carbons (Fsp3) is 0.111. The van der Waals surface area contributed by atoms with Crippen LogP contribution in [0.2, 0.25) is 0 Å². The Bertz CT molecular complexity index is 549. The Hall–Kier alpha value is -1.96. The summed E-state index contributed by atoms with van der Waals surface area (Å²) < 4.78 is 2.06. The number of nitrogen functional groups attached to an aromatic ring is 1. The molecule has 0 aromatic carbocycles. The molecule has 2 aromatic heterocycles. The maximum Gasteiger partial charge on any atom is 0.279 e. The number of aryl methyl sites for hydroxylation is 1. The smallest absolute Gasteiger partial charge is 0.279 e. The van der Waals surface area contributed by atoms with Crippen molar-refractivity contribution >= 4 is 33.3 Å². The molecule has 88 valence electrons. The van der Waals surface area contributed by atoms with E-state index in [9.17, 15) is 4.79 Å². The summed E-state index contributed by atoms with van der Waals surface area (Å²) in [5.74, 6) is -0.0806. The van der Waals surface area contributed by atoms with Crippen LogP contribution in [0.15, 0.2) is 23.2 Å². The number of hydrogen-bond donors (Lipinski definition) is 2. The molecule has 2 aromatic rings. The van der Waals surface area contributed by atoms with Crippen molar-refractivity contribution in [1.82, 2.24) is 19.7 Å².